The topological polar surface area (TPSA) is 69.7 Å². The Labute approximate surface area is 444 Å². The summed E-state index contributed by atoms with van der Waals surface area (Å²) in [5.74, 6) is -4.27. The van der Waals surface area contributed by atoms with Crippen LogP contribution in [-0.2, 0) is 11.2 Å². The molecule has 384 valence electrons. The maximum absolute atomic E-state index is 14.0. The van der Waals surface area contributed by atoms with E-state index in [1.165, 1.54) is 17.8 Å². The maximum Gasteiger partial charge on any atom is 0.165 e. The number of hydrogen-bond acceptors (Lipinski definition) is 8. The molecule has 5 aliphatic heterocycles. The third kappa shape index (κ3) is 13.3. The van der Waals surface area contributed by atoms with Crippen molar-refractivity contribution in [2.24, 2.45) is 0 Å². The second-order valence-electron chi connectivity index (χ2n) is 16.4. The van der Waals surface area contributed by atoms with Crippen molar-refractivity contribution in [3.05, 3.63) is 223 Å². The number of epoxide rings is 1. The largest absolute Gasteiger partial charge is 0.487 e. The standard InChI is InChI=1S/C16H11ClF2O.C15H11ClF2O2S.C9H6F2O2.C9H6F2O.C6H5ClS/c17-12-3-1-10(2-4-12)9-11-7-8-20-16-14(19)6-5-13(18)15(11)16;16-8-1-3-9(4-2-8)21-15-12(19)7-20-14-11(18)6-5-10(17)13(14)15;10-4-1-2-5(11)8-7(4)9-6(13-9)3-12-8;10-7-3-4-8(11)9-6(7)2-1-5-12-9;7-5-1-3-6(8)4-2-5/h1-7H,8-9H2;1-6,12,15,19H,7H2;1-2,6,9H,3H2;1-4H,5H2;1-4,8H. The van der Waals surface area contributed by atoms with Crippen LogP contribution in [0.3, 0.4) is 0 Å². The Balaban J connectivity index is 0.000000128. The van der Waals surface area contributed by atoms with E-state index < -0.39 is 57.9 Å². The predicted molar refractivity (Wildman–Crippen MR) is 272 cm³/mol. The van der Waals surface area contributed by atoms with Crippen LogP contribution in [0.2, 0.25) is 15.1 Å². The molecule has 0 bridgehead atoms. The summed E-state index contributed by atoms with van der Waals surface area (Å²) in [4.78, 5) is 1.74. The molecule has 0 aliphatic carbocycles. The fourth-order valence-corrected chi connectivity index (χ4v) is 9.42. The number of allylic oxidation sites excluding steroid dienone is 1. The van der Waals surface area contributed by atoms with Crippen LogP contribution in [-0.4, -0.2) is 43.7 Å². The van der Waals surface area contributed by atoms with Gasteiger partial charge in [0.15, 0.2) is 46.3 Å². The molecule has 6 nitrogen and oxygen atoms in total. The molecule has 1 saturated heterocycles. The highest BCUT2D eigenvalue weighted by molar-refractivity contribution is 7.99. The van der Waals surface area contributed by atoms with Gasteiger partial charge >= 0.3 is 0 Å². The summed E-state index contributed by atoms with van der Waals surface area (Å²) in [5.41, 5.74) is 2.42. The second-order valence-corrected chi connectivity index (χ2v) is 19.4. The van der Waals surface area contributed by atoms with Crippen molar-refractivity contribution in [3.8, 4) is 23.0 Å². The zero-order valence-corrected chi connectivity index (χ0v) is 42.1. The van der Waals surface area contributed by atoms with E-state index in [2.05, 4.69) is 12.6 Å². The Bertz CT molecular complexity index is 3170. The monoisotopic (exact) mass is 1120 g/mol. The lowest BCUT2D eigenvalue weighted by Gasteiger charge is -2.30. The highest BCUT2D eigenvalue weighted by Crippen LogP contribution is 2.49. The minimum absolute atomic E-state index is 0.00327. The number of thioether (sulfide) groups is 1. The van der Waals surface area contributed by atoms with Crippen molar-refractivity contribution in [1.82, 2.24) is 0 Å². The lowest BCUT2D eigenvalue weighted by atomic mass is 9.95. The van der Waals surface area contributed by atoms with E-state index in [-0.39, 0.29) is 70.7 Å². The number of thiol groups is 1. The minimum Gasteiger partial charge on any atom is -0.487 e. The van der Waals surface area contributed by atoms with Gasteiger partial charge in [-0.05, 0) is 145 Å². The fraction of sp³-hybridized carbons (Fsp3) is 0.164. The average Bonchev–Trinajstić information content (AvgIpc) is 4.21. The molecule has 1 N–H and O–H groups in total. The zero-order valence-electron chi connectivity index (χ0n) is 38.1. The van der Waals surface area contributed by atoms with Gasteiger partial charge in [-0.2, -0.15) is 0 Å². The molecule has 5 heterocycles. The van der Waals surface area contributed by atoms with Crippen LogP contribution in [0.15, 0.2) is 143 Å². The number of fused-ring (bicyclic) bond motifs is 6. The first-order valence-electron chi connectivity index (χ1n) is 22.3. The number of ether oxygens (including phenoxy) is 5. The third-order valence-electron chi connectivity index (χ3n) is 11.3. The Morgan fingerprint density at radius 1 is 0.527 bits per heavy atom. The molecular weight excluding hydrogens is 1080 g/mol. The Hall–Kier alpha value is -5.85. The van der Waals surface area contributed by atoms with Crippen molar-refractivity contribution >= 4 is 70.8 Å². The SMILES string of the molecule is Fc1ccc(F)c2c1C=CCO2.Fc1ccc(F)c2c1OCC1OC21.Fc1ccc(F)c2c1OCC=C2Cc1ccc(Cl)cc1.OC1COc2c(F)ccc(F)c2C1Sc1ccc(Cl)cc1.Sc1ccc(Cl)cc1. The first-order chi connectivity index (χ1) is 35.6. The molecule has 1 fully saturated rings. The number of aliphatic hydroxyl groups excluding tert-OH is 1. The smallest absolute Gasteiger partial charge is 0.165 e. The van der Waals surface area contributed by atoms with E-state index in [4.69, 9.17) is 58.5 Å². The molecule has 7 aromatic rings. The van der Waals surface area contributed by atoms with Gasteiger partial charge in [-0.15, -0.1) is 24.4 Å². The van der Waals surface area contributed by atoms with Crippen molar-refractivity contribution in [2.75, 3.05) is 26.4 Å². The third-order valence-corrected chi connectivity index (χ3v) is 13.7. The molecule has 5 aliphatic rings. The van der Waals surface area contributed by atoms with E-state index in [9.17, 15) is 40.2 Å². The van der Waals surface area contributed by atoms with Crippen molar-refractivity contribution in [1.29, 1.82) is 0 Å². The summed E-state index contributed by atoms with van der Waals surface area (Å²) in [6.07, 6.45) is 4.16. The average molecular weight is 1120 g/mol. The summed E-state index contributed by atoms with van der Waals surface area (Å²) in [6.45, 7) is 0.792. The number of benzene rings is 7. The van der Waals surface area contributed by atoms with E-state index >= 15 is 0 Å². The quantitative estimate of drug-likeness (QED) is 0.103. The van der Waals surface area contributed by atoms with E-state index in [0.717, 1.165) is 74.5 Å². The Morgan fingerprint density at radius 3 is 1.65 bits per heavy atom. The van der Waals surface area contributed by atoms with Gasteiger partial charge in [0, 0.05) is 30.4 Å². The molecule has 0 radical (unpaired) electrons. The molecule has 0 spiro atoms. The van der Waals surface area contributed by atoms with Gasteiger partial charge in [0.25, 0.3) is 0 Å². The molecule has 0 amide bonds. The summed E-state index contributed by atoms with van der Waals surface area (Å²) >= 11 is 22.6. The van der Waals surface area contributed by atoms with Crippen LogP contribution in [0.5, 0.6) is 23.0 Å². The Morgan fingerprint density at radius 2 is 1.03 bits per heavy atom. The van der Waals surface area contributed by atoms with Gasteiger partial charge in [0.05, 0.1) is 21.9 Å². The van der Waals surface area contributed by atoms with Crippen LogP contribution in [0.1, 0.15) is 39.2 Å². The number of halogens is 11. The van der Waals surface area contributed by atoms with Crippen LogP contribution < -0.4 is 18.9 Å². The van der Waals surface area contributed by atoms with Crippen molar-refractivity contribution in [3.63, 3.8) is 0 Å². The first-order valence-corrected chi connectivity index (χ1v) is 24.8. The minimum atomic E-state index is -0.922. The van der Waals surface area contributed by atoms with E-state index in [0.29, 0.717) is 29.7 Å². The fourth-order valence-electron chi connectivity index (χ4n) is 7.73. The second kappa shape index (κ2) is 24.7. The van der Waals surface area contributed by atoms with Crippen LogP contribution in [0.25, 0.3) is 11.6 Å². The normalized spacial score (nSPS) is 17.8. The van der Waals surface area contributed by atoms with Crippen LogP contribution >= 0.6 is 59.2 Å². The molecule has 12 rings (SSSR count). The molecule has 19 heteroatoms. The molecule has 0 saturated carbocycles. The maximum atomic E-state index is 14.0. The molecule has 4 atom stereocenters. The molecule has 7 aromatic carbocycles. The molecule has 4 unspecified atom stereocenters. The number of rotatable bonds is 4. The molecule has 74 heavy (non-hydrogen) atoms. The first kappa shape index (κ1) is 54.4. The van der Waals surface area contributed by atoms with Crippen LogP contribution in [0.4, 0.5) is 35.1 Å². The highest BCUT2D eigenvalue weighted by atomic mass is 35.5. The van der Waals surface area contributed by atoms with Crippen LogP contribution in [0, 0.1) is 46.5 Å². The van der Waals surface area contributed by atoms with Gasteiger partial charge < -0.3 is 28.8 Å². The summed E-state index contributed by atoms with van der Waals surface area (Å²) in [7, 11) is 0. The van der Waals surface area contributed by atoms with Crippen molar-refractivity contribution < 1.29 is 63.9 Å². The van der Waals surface area contributed by atoms with Crippen molar-refractivity contribution in [2.45, 2.75) is 39.8 Å². The van der Waals surface area contributed by atoms with Gasteiger partial charge in [0.1, 0.15) is 68.0 Å². The van der Waals surface area contributed by atoms with Gasteiger partial charge in [-0.1, -0.05) is 46.9 Å². The lowest BCUT2D eigenvalue weighted by molar-refractivity contribution is 0.0846. The van der Waals surface area contributed by atoms with Gasteiger partial charge in [0.2, 0.25) is 0 Å². The lowest BCUT2D eigenvalue weighted by Crippen LogP contribution is -2.30. The molecular formula is C55H39Cl3F8O6S2. The summed E-state index contributed by atoms with van der Waals surface area (Å²) < 4.78 is 133. The number of aliphatic hydroxyl groups is 1. The highest BCUT2D eigenvalue weighted by Gasteiger charge is 2.48. The number of hydrogen-bond donors (Lipinski definition) is 2. The Kier molecular flexibility index (Phi) is 18.1. The van der Waals surface area contributed by atoms with Gasteiger partial charge in [-0.3, -0.25) is 0 Å². The predicted octanol–water partition coefficient (Wildman–Crippen LogP) is 15.6. The summed E-state index contributed by atoms with van der Waals surface area (Å²) in [6, 6.07) is 30.2. The van der Waals surface area contributed by atoms with E-state index in [1.54, 1.807) is 48.6 Å². The zero-order chi connectivity index (χ0) is 52.6. The summed E-state index contributed by atoms with van der Waals surface area (Å²) in [5, 5.41) is 11.4. The molecule has 0 aromatic heterocycles. The van der Waals surface area contributed by atoms with Gasteiger partial charge in [-0.25, -0.2) is 35.1 Å². The van der Waals surface area contributed by atoms with E-state index in [1.807, 2.05) is 36.4 Å².